The maximum absolute atomic E-state index is 11.9. The number of hydrogen-bond acceptors (Lipinski definition) is 1. The lowest BCUT2D eigenvalue weighted by molar-refractivity contribution is -0.274. The van der Waals surface area contributed by atoms with Crippen LogP contribution in [0.5, 0.6) is 5.75 Å². The average Bonchev–Trinajstić information content (AvgIpc) is 2.81. The zero-order valence-electron chi connectivity index (χ0n) is 8.21. The van der Waals surface area contributed by atoms with Crippen molar-refractivity contribution in [2.75, 3.05) is 0 Å². The Kier molecular flexibility index (Phi) is 2.37. The van der Waals surface area contributed by atoms with Gasteiger partial charge in [0.05, 0.1) is 0 Å². The normalized spacial score (nSPS) is 25.1. The molecule has 1 aliphatic carbocycles. The van der Waals surface area contributed by atoms with Gasteiger partial charge in [0.1, 0.15) is 5.75 Å². The van der Waals surface area contributed by atoms with Crippen molar-refractivity contribution in [3.05, 3.63) is 29.8 Å². The molecule has 1 aromatic rings. The maximum Gasteiger partial charge on any atom is 0.573 e. The SMILES string of the molecule is C[C@H]1C[C@@H]1c1ccc(OC(F)(F)F)cc1. The molecule has 1 aromatic carbocycles. The van der Waals surface area contributed by atoms with Crippen molar-refractivity contribution in [1.82, 2.24) is 0 Å². The number of halogens is 3. The van der Waals surface area contributed by atoms with Gasteiger partial charge in [-0.25, -0.2) is 0 Å². The van der Waals surface area contributed by atoms with Gasteiger partial charge in [-0.1, -0.05) is 19.1 Å². The highest BCUT2D eigenvalue weighted by atomic mass is 19.4. The third-order valence-corrected chi connectivity index (χ3v) is 2.65. The fraction of sp³-hybridized carbons (Fsp3) is 0.455. The van der Waals surface area contributed by atoms with Crippen LogP contribution in [0.3, 0.4) is 0 Å². The first-order valence-corrected chi connectivity index (χ1v) is 4.81. The van der Waals surface area contributed by atoms with Crippen LogP contribution in [0, 0.1) is 5.92 Å². The topological polar surface area (TPSA) is 9.23 Å². The number of rotatable bonds is 2. The predicted octanol–water partition coefficient (Wildman–Crippen LogP) is 3.71. The molecule has 1 saturated carbocycles. The van der Waals surface area contributed by atoms with Gasteiger partial charge in [0.15, 0.2) is 0 Å². The minimum Gasteiger partial charge on any atom is -0.406 e. The van der Waals surface area contributed by atoms with Crippen LogP contribution < -0.4 is 4.74 Å². The van der Waals surface area contributed by atoms with Crippen LogP contribution in [-0.2, 0) is 0 Å². The highest BCUT2D eigenvalue weighted by molar-refractivity contribution is 5.32. The van der Waals surface area contributed by atoms with Crippen LogP contribution in [0.2, 0.25) is 0 Å². The van der Waals surface area contributed by atoms with Crippen molar-refractivity contribution >= 4 is 0 Å². The van der Waals surface area contributed by atoms with E-state index in [9.17, 15) is 13.2 Å². The van der Waals surface area contributed by atoms with Crippen molar-refractivity contribution < 1.29 is 17.9 Å². The lowest BCUT2D eigenvalue weighted by Gasteiger charge is -2.08. The summed E-state index contributed by atoms with van der Waals surface area (Å²) in [5.74, 6) is 1.02. The van der Waals surface area contributed by atoms with Crippen molar-refractivity contribution in [3.63, 3.8) is 0 Å². The molecule has 0 amide bonds. The Morgan fingerprint density at radius 1 is 1.20 bits per heavy atom. The first kappa shape index (κ1) is 10.3. The van der Waals surface area contributed by atoms with E-state index >= 15 is 0 Å². The molecule has 0 aliphatic heterocycles. The van der Waals surface area contributed by atoms with E-state index in [1.807, 2.05) is 0 Å². The first-order chi connectivity index (χ1) is 6.96. The minimum atomic E-state index is -4.60. The Morgan fingerprint density at radius 3 is 2.13 bits per heavy atom. The van der Waals surface area contributed by atoms with E-state index in [-0.39, 0.29) is 5.75 Å². The quantitative estimate of drug-likeness (QED) is 0.732. The highest BCUT2D eigenvalue weighted by Crippen LogP contribution is 2.47. The summed E-state index contributed by atoms with van der Waals surface area (Å²) in [7, 11) is 0. The first-order valence-electron chi connectivity index (χ1n) is 4.81. The van der Waals surface area contributed by atoms with E-state index in [1.165, 1.54) is 12.1 Å². The van der Waals surface area contributed by atoms with Gasteiger partial charge in [-0.2, -0.15) is 0 Å². The summed E-state index contributed by atoms with van der Waals surface area (Å²) in [5, 5.41) is 0. The van der Waals surface area contributed by atoms with Gasteiger partial charge in [-0.05, 0) is 36.0 Å². The van der Waals surface area contributed by atoms with Gasteiger partial charge in [0, 0.05) is 0 Å². The van der Waals surface area contributed by atoms with Crippen molar-refractivity contribution in [3.8, 4) is 5.75 Å². The number of hydrogen-bond donors (Lipinski definition) is 0. The van der Waals surface area contributed by atoms with Crippen LogP contribution in [0.15, 0.2) is 24.3 Å². The second-order valence-corrected chi connectivity index (χ2v) is 3.94. The summed E-state index contributed by atoms with van der Waals surface area (Å²) >= 11 is 0. The molecule has 0 radical (unpaired) electrons. The smallest absolute Gasteiger partial charge is 0.406 e. The van der Waals surface area contributed by atoms with Crippen LogP contribution in [-0.4, -0.2) is 6.36 Å². The van der Waals surface area contributed by atoms with Crippen LogP contribution in [0.25, 0.3) is 0 Å². The molecule has 1 nitrogen and oxygen atoms in total. The molecule has 0 unspecified atom stereocenters. The minimum absolute atomic E-state index is 0.153. The molecule has 82 valence electrons. The Labute approximate surface area is 85.9 Å². The predicted molar refractivity (Wildman–Crippen MR) is 49.6 cm³/mol. The fourth-order valence-electron chi connectivity index (χ4n) is 1.70. The molecule has 0 bridgehead atoms. The van der Waals surface area contributed by atoms with E-state index in [1.54, 1.807) is 12.1 Å². The van der Waals surface area contributed by atoms with Crippen molar-refractivity contribution in [1.29, 1.82) is 0 Å². The van der Waals surface area contributed by atoms with Crippen molar-refractivity contribution in [2.45, 2.75) is 25.6 Å². The second kappa shape index (κ2) is 3.43. The average molecular weight is 216 g/mol. The Bertz CT molecular complexity index is 342. The maximum atomic E-state index is 11.9. The molecule has 1 fully saturated rings. The summed E-state index contributed by atoms with van der Waals surface area (Å²) in [4.78, 5) is 0. The van der Waals surface area contributed by atoms with E-state index in [4.69, 9.17) is 0 Å². The Hall–Kier alpha value is -1.19. The van der Waals surface area contributed by atoms with E-state index in [0.717, 1.165) is 12.0 Å². The van der Waals surface area contributed by atoms with E-state index < -0.39 is 6.36 Å². The summed E-state index contributed by atoms with van der Waals surface area (Å²) < 4.78 is 39.3. The number of benzene rings is 1. The van der Waals surface area contributed by atoms with Gasteiger partial charge < -0.3 is 4.74 Å². The Balaban J connectivity index is 2.04. The zero-order chi connectivity index (χ0) is 11.1. The largest absolute Gasteiger partial charge is 0.573 e. The molecule has 0 aromatic heterocycles. The Morgan fingerprint density at radius 2 is 1.73 bits per heavy atom. The number of alkyl halides is 3. The number of ether oxygens (including phenoxy) is 1. The summed E-state index contributed by atoms with van der Waals surface area (Å²) in [6.07, 6.45) is -3.48. The monoisotopic (exact) mass is 216 g/mol. The lowest BCUT2D eigenvalue weighted by Crippen LogP contribution is -2.16. The molecule has 15 heavy (non-hydrogen) atoms. The standard InChI is InChI=1S/C11H11F3O/c1-7-6-10(7)8-2-4-9(5-3-8)15-11(12,13)14/h2-5,7,10H,6H2,1H3/t7-,10-/m0/s1. The van der Waals surface area contributed by atoms with Gasteiger partial charge in [-0.15, -0.1) is 13.2 Å². The van der Waals surface area contributed by atoms with Crippen LogP contribution in [0.4, 0.5) is 13.2 Å². The molecular weight excluding hydrogens is 205 g/mol. The van der Waals surface area contributed by atoms with E-state index in [2.05, 4.69) is 11.7 Å². The van der Waals surface area contributed by atoms with Gasteiger partial charge in [0.25, 0.3) is 0 Å². The van der Waals surface area contributed by atoms with E-state index in [0.29, 0.717) is 11.8 Å². The molecule has 0 N–H and O–H groups in total. The molecule has 0 saturated heterocycles. The molecule has 1 aliphatic rings. The lowest BCUT2D eigenvalue weighted by atomic mass is 10.1. The zero-order valence-corrected chi connectivity index (χ0v) is 8.21. The molecule has 0 heterocycles. The van der Waals surface area contributed by atoms with Crippen molar-refractivity contribution in [2.24, 2.45) is 5.92 Å². The van der Waals surface area contributed by atoms with Gasteiger partial charge in [0.2, 0.25) is 0 Å². The summed E-state index contributed by atoms with van der Waals surface area (Å²) in [6.45, 7) is 2.13. The third-order valence-electron chi connectivity index (χ3n) is 2.65. The third kappa shape index (κ3) is 2.64. The second-order valence-electron chi connectivity index (χ2n) is 3.94. The molecule has 0 spiro atoms. The molecule has 2 atom stereocenters. The fourth-order valence-corrected chi connectivity index (χ4v) is 1.70. The summed E-state index contributed by atoms with van der Waals surface area (Å²) in [5.41, 5.74) is 1.09. The van der Waals surface area contributed by atoms with Gasteiger partial charge >= 0.3 is 6.36 Å². The van der Waals surface area contributed by atoms with Crippen LogP contribution in [0.1, 0.15) is 24.8 Å². The highest BCUT2D eigenvalue weighted by Gasteiger charge is 2.34. The summed E-state index contributed by atoms with van der Waals surface area (Å²) in [6, 6.07) is 6.15. The molecule has 4 heteroatoms. The van der Waals surface area contributed by atoms with Gasteiger partial charge in [-0.3, -0.25) is 0 Å². The molecular formula is C11H11F3O. The molecule has 2 rings (SSSR count). The van der Waals surface area contributed by atoms with Crippen LogP contribution >= 0.6 is 0 Å².